The third-order valence-electron chi connectivity index (χ3n) is 1.33. The molecule has 0 aliphatic heterocycles. The first kappa shape index (κ1) is 11.7. The van der Waals surface area contributed by atoms with E-state index in [0.717, 1.165) is 0 Å². The van der Waals surface area contributed by atoms with Gasteiger partial charge in [-0.2, -0.15) is 13.2 Å². The molecular formula is C5HF3N4O4. The van der Waals surface area contributed by atoms with Crippen molar-refractivity contribution < 1.29 is 23.0 Å². The van der Waals surface area contributed by atoms with Gasteiger partial charge in [-0.25, -0.2) is 0 Å². The summed E-state index contributed by atoms with van der Waals surface area (Å²) in [6, 6.07) is 0.245. The van der Waals surface area contributed by atoms with Crippen molar-refractivity contribution >= 4 is 11.6 Å². The Morgan fingerprint density at radius 1 is 1.06 bits per heavy atom. The van der Waals surface area contributed by atoms with Gasteiger partial charge in [-0.3, -0.25) is 0 Å². The summed E-state index contributed by atoms with van der Waals surface area (Å²) in [7, 11) is 0. The van der Waals surface area contributed by atoms with Crippen LogP contribution in [0.15, 0.2) is 6.07 Å². The number of aromatic nitrogens is 2. The van der Waals surface area contributed by atoms with E-state index < -0.39 is 33.5 Å². The van der Waals surface area contributed by atoms with E-state index in [4.69, 9.17) is 0 Å². The van der Waals surface area contributed by atoms with Gasteiger partial charge >= 0.3 is 23.6 Å². The van der Waals surface area contributed by atoms with Gasteiger partial charge in [0, 0.05) is 9.97 Å². The largest absolute Gasteiger partial charge is 0.503 e. The normalized spacial score (nSPS) is 11.2. The fourth-order valence-corrected chi connectivity index (χ4v) is 0.736. The number of nitrogens with zero attached hydrogens (tertiary/aromatic N) is 4. The van der Waals surface area contributed by atoms with Gasteiger partial charge in [0.1, 0.15) is 6.07 Å². The Morgan fingerprint density at radius 3 is 1.69 bits per heavy atom. The minimum absolute atomic E-state index is 0.245. The van der Waals surface area contributed by atoms with Crippen LogP contribution in [-0.2, 0) is 6.18 Å². The standard InChI is InChI=1S/C5HF3N4O4/c6-5(7,8)4-9-2(11(13)14)1-3(10-4)12(15)16/h1H. The van der Waals surface area contributed by atoms with Crippen molar-refractivity contribution in [2.24, 2.45) is 0 Å². The predicted molar refractivity (Wildman–Crippen MR) is 40.3 cm³/mol. The summed E-state index contributed by atoms with van der Waals surface area (Å²) in [5.41, 5.74) is 0. The van der Waals surface area contributed by atoms with Gasteiger partial charge < -0.3 is 20.2 Å². The van der Waals surface area contributed by atoms with E-state index >= 15 is 0 Å². The highest BCUT2D eigenvalue weighted by Crippen LogP contribution is 2.29. The maximum Gasteiger partial charge on any atom is 0.503 e. The van der Waals surface area contributed by atoms with E-state index in [1.54, 1.807) is 0 Å². The van der Waals surface area contributed by atoms with Crippen molar-refractivity contribution in [1.29, 1.82) is 0 Å². The van der Waals surface area contributed by atoms with Crippen molar-refractivity contribution in [3.05, 3.63) is 32.1 Å². The lowest BCUT2D eigenvalue weighted by molar-refractivity contribution is -0.400. The molecule has 0 saturated carbocycles. The first-order valence-electron chi connectivity index (χ1n) is 3.47. The molecule has 0 bridgehead atoms. The molecule has 1 aromatic heterocycles. The minimum atomic E-state index is -5.09. The first-order valence-corrected chi connectivity index (χ1v) is 3.47. The second kappa shape index (κ2) is 3.67. The highest BCUT2D eigenvalue weighted by atomic mass is 19.4. The van der Waals surface area contributed by atoms with Gasteiger partial charge in [-0.05, 0) is 9.85 Å². The Morgan fingerprint density at radius 2 is 1.44 bits per heavy atom. The smallest absolute Gasteiger partial charge is 0.358 e. The second-order valence-corrected chi connectivity index (χ2v) is 2.42. The Kier molecular flexibility index (Phi) is 2.70. The number of halogens is 3. The number of hydrogen-bond acceptors (Lipinski definition) is 6. The molecule has 16 heavy (non-hydrogen) atoms. The zero-order valence-corrected chi connectivity index (χ0v) is 7.13. The molecule has 0 fully saturated rings. The fourth-order valence-electron chi connectivity index (χ4n) is 0.736. The summed E-state index contributed by atoms with van der Waals surface area (Å²) in [6.07, 6.45) is -5.09. The zero-order chi connectivity index (χ0) is 12.5. The highest BCUT2D eigenvalue weighted by Gasteiger charge is 2.46. The molecule has 1 aromatic rings. The van der Waals surface area contributed by atoms with Crippen molar-refractivity contribution in [1.82, 2.24) is 9.97 Å². The lowest BCUT2D eigenvalue weighted by Gasteiger charge is -1.97. The topological polar surface area (TPSA) is 112 Å². The lowest BCUT2D eigenvalue weighted by atomic mass is 10.5. The van der Waals surface area contributed by atoms with Crippen molar-refractivity contribution in [2.75, 3.05) is 0 Å². The fraction of sp³-hybridized carbons (Fsp3) is 0.200. The summed E-state index contributed by atoms with van der Waals surface area (Å²) in [5.74, 6) is -4.49. The Hall–Kier alpha value is -2.33. The molecular weight excluding hydrogens is 237 g/mol. The molecule has 0 atom stereocenters. The molecule has 11 heteroatoms. The molecule has 1 heterocycles. The second-order valence-electron chi connectivity index (χ2n) is 2.42. The maximum atomic E-state index is 12.1. The third kappa shape index (κ3) is 2.37. The van der Waals surface area contributed by atoms with E-state index in [0.29, 0.717) is 0 Å². The van der Waals surface area contributed by atoms with Gasteiger partial charge in [-0.1, -0.05) is 0 Å². The van der Waals surface area contributed by atoms with Gasteiger partial charge in [0.2, 0.25) is 0 Å². The van der Waals surface area contributed by atoms with Crippen molar-refractivity contribution in [3.63, 3.8) is 0 Å². The number of rotatable bonds is 2. The zero-order valence-electron chi connectivity index (χ0n) is 7.13. The number of hydrogen-bond donors (Lipinski definition) is 0. The van der Waals surface area contributed by atoms with Gasteiger partial charge in [-0.15, -0.1) is 0 Å². The average molecular weight is 238 g/mol. The van der Waals surface area contributed by atoms with Crippen LogP contribution in [0.1, 0.15) is 5.82 Å². The highest BCUT2D eigenvalue weighted by molar-refractivity contribution is 5.31. The molecule has 0 aliphatic carbocycles. The lowest BCUT2D eigenvalue weighted by Crippen LogP contribution is -2.13. The minimum Gasteiger partial charge on any atom is -0.358 e. The number of nitro groups is 2. The molecule has 0 spiro atoms. The van der Waals surface area contributed by atoms with Crippen LogP contribution in [0.25, 0.3) is 0 Å². The molecule has 1 rings (SSSR count). The Labute approximate surface area is 84.0 Å². The van der Waals surface area contributed by atoms with Gasteiger partial charge in [0.15, 0.2) is 0 Å². The van der Waals surface area contributed by atoms with E-state index in [1.807, 2.05) is 0 Å². The van der Waals surface area contributed by atoms with Crippen molar-refractivity contribution in [2.45, 2.75) is 6.18 Å². The maximum absolute atomic E-state index is 12.1. The van der Waals surface area contributed by atoms with Crippen LogP contribution in [-0.4, -0.2) is 19.8 Å². The Balaban J connectivity index is 3.42. The quantitative estimate of drug-likeness (QED) is 0.567. The molecule has 8 nitrogen and oxygen atoms in total. The van der Waals surface area contributed by atoms with Crippen molar-refractivity contribution in [3.8, 4) is 0 Å². The average Bonchev–Trinajstić information content (AvgIpc) is 2.15. The van der Waals surface area contributed by atoms with E-state index in [2.05, 4.69) is 9.97 Å². The Bertz CT molecular complexity index is 427. The molecule has 0 amide bonds. The van der Waals surface area contributed by atoms with Crippen LogP contribution in [0.4, 0.5) is 24.8 Å². The first-order chi connectivity index (χ1) is 7.21. The SMILES string of the molecule is O=[N+]([O-])c1cc([N+](=O)[O-])nc(C(F)(F)F)n1. The van der Waals surface area contributed by atoms with Gasteiger partial charge in [0.25, 0.3) is 0 Å². The molecule has 86 valence electrons. The summed E-state index contributed by atoms with van der Waals surface area (Å²) < 4.78 is 36.3. The predicted octanol–water partition coefficient (Wildman–Crippen LogP) is 1.31. The van der Waals surface area contributed by atoms with Crippen LogP contribution in [0.3, 0.4) is 0 Å². The summed E-state index contributed by atoms with van der Waals surface area (Å²) in [6.45, 7) is 0. The molecule has 0 saturated heterocycles. The van der Waals surface area contributed by atoms with Crippen LogP contribution in [0, 0.1) is 20.2 Å². The summed E-state index contributed by atoms with van der Waals surface area (Å²) in [4.78, 5) is 22.9. The van der Waals surface area contributed by atoms with Crippen LogP contribution in [0.5, 0.6) is 0 Å². The van der Waals surface area contributed by atoms with Crippen LogP contribution < -0.4 is 0 Å². The summed E-state index contributed by atoms with van der Waals surface area (Å²) in [5, 5.41) is 20.4. The molecule has 0 unspecified atom stereocenters. The third-order valence-corrected chi connectivity index (χ3v) is 1.33. The van der Waals surface area contributed by atoms with E-state index in [1.165, 1.54) is 0 Å². The van der Waals surface area contributed by atoms with Gasteiger partial charge in [0.05, 0.1) is 0 Å². The number of alkyl halides is 3. The molecule has 0 aromatic carbocycles. The monoisotopic (exact) mass is 238 g/mol. The van der Waals surface area contributed by atoms with Crippen LogP contribution in [0.2, 0.25) is 0 Å². The molecule has 0 N–H and O–H groups in total. The van der Waals surface area contributed by atoms with E-state index in [-0.39, 0.29) is 6.07 Å². The van der Waals surface area contributed by atoms with E-state index in [9.17, 15) is 33.4 Å². The summed E-state index contributed by atoms with van der Waals surface area (Å²) >= 11 is 0. The molecule has 0 aliphatic rings. The molecule has 0 radical (unpaired) electrons. The van der Waals surface area contributed by atoms with Crippen LogP contribution >= 0.6 is 0 Å².